The number of hydrogen-bond donors (Lipinski definition) is 2. The summed E-state index contributed by atoms with van der Waals surface area (Å²) in [6, 6.07) is 10.2. The Morgan fingerprint density at radius 2 is 2.00 bits per heavy atom. The first kappa shape index (κ1) is 15.7. The third-order valence-corrected chi connectivity index (χ3v) is 4.74. The number of nitrogens with zero attached hydrogens (tertiary/aromatic N) is 2. The van der Waals surface area contributed by atoms with Crippen LogP contribution in [0, 0.1) is 0 Å². The van der Waals surface area contributed by atoms with E-state index < -0.39 is 5.54 Å². The molecule has 2 aromatic rings. The van der Waals surface area contributed by atoms with Crippen molar-refractivity contribution in [3.63, 3.8) is 0 Å². The van der Waals surface area contributed by atoms with E-state index in [0.29, 0.717) is 6.54 Å². The number of carbonyl (C=O) groups excluding carboxylic acids is 1. The van der Waals surface area contributed by atoms with E-state index in [2.05, 4.69) is 34.8 Å². The van der Waals surface area contributed by atoms with Crippen LogP contribution in [0.3, 0.4) is 0 Å². The maximum absolute atomic E-state index is 13.0. The van der Waals surface area contributed by atoms with Crippen LogP contribution >= 0.6 is 0 Å². The molecule has 2 N–H and O–H groups in total. The highest BCUT2D eigenvalue weighted by molar-refractivity contribution is 5.84. The Kier molecular flexibility index (Phi) is 4.76. The summed E-state index contributed by atoms with van der Waals surface area (Å²) in [6.07, 6.45) is 6.13. The second-order valence-corrected chi connectivity index (χ2v) is 6.04. The summed E-state index contributed by atoms with van der Waals surface area (Å²) >= 11 is 0. The first-order valence-corrected chi connectivity index (χ1v) is 8.32. The fourth-order valence-electron chi connectivity index (χ4n) is 3.34. The molecule has 23 heavy (non-hydrogen) atoms. The van der Waals surface area contributed by atoms with Crippen LogP contribution in [0.2, 0.25) is 0 Å². The van der Waals surface area contributed by atoms with E-state index in [0.717, 1.165) is 32.4 Å². The molecule has 5 nitrogen and oxygen atoms in total. The zero-order valence-electron chi connectivity index (χ0n) is 13.6. The van der Waals surface area contributed by atoms with Crippen LogP contribution in [-0.4, -0.2) is 28.8 Å². The van der Waals surface area contributed by atoms with Crippen LogP contribution in [0.15, 0.2) is 42.7 Å². The number of amides is 1. The van der Waals surface area contributed by atoms with E-state index in [9.17, 15) is 4.79 Å². The summed E-state index contributed by atoms with van der Waals surface area (Å²) < 4.78 is 1.83. The molecule has 0 spiro atoms. The zero-order valence-corrected chi connectivity index (χ0v) is 13.6. The van der Waals surface area contributed by atoms with Gasteiger partial charge in [0.05, 0.1) is 0 Å². The van der Waals surface area contributed by atoms with Crippen LogP contribution in [-0.2, 0) is 23.3 Å². The van der Waals surface area contributed by atoms with Crippen LogP contribution < -0.4 is 10.6 Å². The molecule has 1 saturated heterocycles. The Morgan fingerprint density at radius 1 is 1.26 bits per heavy atom. The fourth-order valence-corrected chi connectivity index (χ4v) is 3.34. The van der Waals surface area contributed by atoms with E-state index in [4.69, 9.17) is 0 Å². The summed E-state index contributed by atoms with van der Waals surface area (Å²) in [5.41, 5.74) is 1.90. The van der Waals surface area contributed by atoms with Gasteiger partial charge in [-0.05, 0) is 49.5 Å². The molecule has 1 aliphatic rings. The van der Waals surface area contributed by atoms with Crippen molar-refractivity contribution in [3.05, 3.63) is 53.9 Å². The summed E-state index contributed by atoms with van der Waals surface area (Å²) in [5, 5.41) is 10.8. The molecular formula is C18H24N4O. The number of hydrogen-bond acceptors (Lipinski definition) is 3. The minimum absolute atomic E-state index is 0.0635. The summed E-state index contributed by atoms with van der Waals surface area (Å²) in [5.74, 6) is 0.0635. The lowest BCUT2D eigenvalue weighted by molar-refractivity contribution is -0.132. The number of piperidine rings is 1. The normalized spacial score (nSPS) is 16.9. The van der Waals surface area contributed by atoms with Crippen molar-refractivity contribution < 1.29 is 4.79 Å². The van der Waals surface area contributed by atoms with Gasteiger partial charge in [-0.1, -0.05) is 31.2 Å². The number of carbonyl (C=O) groups is 1. The van der Waals surface area contributed by atoms with Gasteiger partial charge in [0.15, 0.2) is 0 Å². The highest BCUT2D eigenvalue weighted by Crippen LogP contribution is 2.27. The molecule has 0 radical (unpaired) electrons. The van der Waals surface area contributed by atoms with Gasteiger partial charge in [-0.15, -0.1) is 0 Å². The van der Waals surface area contributed by atoms with Crippen molar-refractivity contribution in [1.29, 1.82) is 0 Å². The van der Waals surface area contributed by atoms with Crippen molar-refractivity contribution in [2.75, 3.05) is 13.1 Å². The first-order valence-electron chi connectivity index (χ1n) is 8.32. The number of aromatic nitrogens is 2. The zero-order chi connectivity index (χ0) is 16.1. The summed E-state index contributed by atoms with van der Waals surface area (Å²) in [6.45, 7) is 4.37. The third-order valence-electron chi connectivity index (χ3n) is 4.74. The molecule has 3 rings (SSSR count). The Labute approximate surface area is 137 Å². The lowest BCUT2D eigenvalue weighted by Gasteiger charge is -2.36. The monoisotopic (exact) mass is 312 g/mol. The lowest BCUT2D eigenvalue weighted by Crippen LogP contribution is -2.54. The van der Waals surface area contributed by atoms with Gasteiger partial charge < -0.3 is 10.6 Å². The second-order valence-electron chi connectivity index (χ2n) is 6.04. The van der Waals surface area contributed by atoms with Crippen molar-refractivity contribution >= 4 is 5.91 Å². The van der Waals surface area contributed by atoms with E-state index in [1.165, 1.54) is 11.1 Å². The molecular weight excluding hydrogens is 288 g/mol. The number of nitrogens with one attached hydrogen (secondary N) is 2. The maximum Gasteiger partial charge on any atom is 0.248 e. The molecule has 1 aromatic carbocycles. The maximum atomic E-state index is 13.0. The highest BCUT2D eigenvalue weighted by atomic mass is 16.2. The van der Waals surface area contributed by atoms with Crippen molar-refractivity contribution in [2.45, 2.75) is 38.3 Å². The molecule has 2 heterocycles. The smallest absolute Gasteiger partial charge is 0.248 e. The van der Waals surface area contributed by atoms with Gasteiger partial charge in [0.1, 0.15) is 5.54 Å². The van der Waals surface area contributed by atoms with Crippen LogP contribution in [0.1, 0.15) is 30.9 Å². The molecule has 1 aliphatic heterocycles. The van der Waals surface area contributed by atoms with Gasteiger partial charge in [0, 0.05) is 18.9 Å². The van der Waals surface area contributed by atoms with E-state index >= 15 is 0 Å². The Balaban J connectivity index is 1.77. The van der Waals surface area contributed by atoms with E-state index in [-0.39, 0.29) is 5.91 Å². The molecule has 0 aliphatic carbocycles. The highest BCUT2D eigenvalue weighted by Gasteiger charge is 2.41. The first-order chi connectivity index (χ1) is 11.3. The Morgan fingerprint density at radius 3 is 2.65 bits per heavy atom. The predicted octanol–water partition coefficient (Wildman–Crippen LogP) is 1.84. The van der Waals surface area contributed by atoms with Crippen LogP contribution in [0.5, 0.6) is 0 Å². The topological polar surface area (TPSA) is 59.0 Å². The van der Waals surface area contributed by atoms with E-state index in [1.54, 1.807) is 6.20 Å². The van der Waals surface area contributed by atoms with Crippen molar-refractivity contribution in [3.8, 4) is 0 Å². The number of benzene rings is 1. The SMILES string of the molecule is CCc1ccccc1CNC(=O)C1(n2cccn2)CCNCC1. The standard InChI is InChI=1S/C18H24N4O/c1-2-15-6-3-4-7-16(15)14-20-17(23)18(8-11-19-12-9-18)22-13-5-10-21-22/h3-7,10,13,19H,2,8-9,11-12,14H2,1H3,(H,20,23). The largest absolute Gasteiger partial charge is 0.350 e. The molecule has 5 heteroatoms. The fraction of sp³-hybridized carbons (Fsp3) is 0.444. The lowest BCUT2D eigenvalue weighted by atomic mass is 9.87. The molecule has 0 atom stereocenters. The molecule has 1 amide bonds. The van der Waals surface area contributed by atoms with Gasteiger partial charge in [-0.3, -0.25) is 9.48 Å². The van der Waals surface area contributed by atoms with Gasteiger partial charge in [-0.25, -0.2) is 0 Å². The van der Waals surface area contributed by atoms with Crippen molar-refractivity contribution in [1.82, 2.24) is 20.4 Å². The Hall–Kier alpha value is -2.14. The number of rotatable bonds is 5. The van der Waals surface area contributed by atoms with Crippen molar-refractivity contribution in [2.24, 2.45) is 0 Å². The second kappa shape index (κ2) is 6.96. The minimum Gasteiger partial charge on any atom is -0.350 e. The van der Waals surface area contributed by atoms with Gasteiger partial charge in [0.2, 0.25) is 5.91 Å². The molecule has 0 saturated carbocycles. The quantitative estimate of drug-likeness (QED) is 0.886. The van der Waals surface area contributed by atoms with E-state index in [1.807, 2.05) is 29.1 Å². The van der Waals surface area contributed by atoms with Crippen LogP contribution in [0.4, 0.5) is 0 Å². The van der Waals surface area contributed by atoms with Crippen LogP contribution in [0.25, 0.3) is 0 Å². The molecule has 0 bridgehead atoms. The predicted molar refractivity (Wildman–Crippen MR) is 90.0 cm³/mol. The average molecular weight is 312 g/mol. The molecule has 1 fully saturated rings. The summed E-state index contributed by atoms with van der Waals surface area (Å²) in [7, 11) is 0. The minimum atomic E-state index is -0.574. The van der Waals surface area contributed by atoms with Gasteiger partial charge >= 0.3 is 0 Å². The molecule has 122 valence electrons. The molecule has 0 unspecified atom stereocenters. The molecule has 1 aromatic heterocycles. The Bertz CT molecular complexity index is 645. The summed E-state index contributed by atoms with van der Waals surface area (Å²) in [4.78, 5) is 13.0. The average Bonchev–Trinajstić information content (AvgIpc) is 3.15. The van der Waals surface area contributed by atoms with Gasteiger partial charge in [0.25, 0.3) is 0 Å². The third kappa shape index (κ3) is 3.15. The van der Waals surface area contributed by atoms with Gasteiger partial charge in [-0.2, -0.15) is 5.10 Å². The number of aryl methyl sites for hydroxylation is 1.